The number of hydrogen-bond acceptors (Lipinski definition) is 3. The Morgan fingerprint density at radius 3 is 2.37 bits per heavy atom. The van der Waals surface area contributed by atoms with E-state index in [2.05, 4.69) is 81.1 Å². The number of amides is 1. The van der Waals surface area contributed by atoms with Gasteiger partial charge >= 0.3 is 0 Å². The van der Waals surface area contributed by atoms with E-state index < -0.39 is 5.60 Å². The average Bonchev–Trinajstić information content (AvgIpc) is 2.87. The fraction of sp³-hybridized carbons (Fsp3) is 0.516. The number of benzene rings is 2. The molecule has 1 aliphatic carbocycles. The summed E-state index contributed by atoms with van der Waals surface area (Å²) < 4.78 is 0. The topological polar surface area (TPSA) is 43.8 Å². The quantitative estimate of drug-likeness (QED) is 0.462. The number of anilines is 1. The van der Waals surface area contributed by atoms with Gasteiger partial charge in [-0.15, -0.1) is 0 Å². The Morgan fingerprint density at radius 2 is 1.74 bits per heavy atom. The van der Waals surface area contributed by atoms with E-state index in [4.69, 9.17) is 0 Å². The van der Waals surface area contributed by atoms with E-state index in [1.165, 1.54) is 11.3 Å². The molecule has 0 aromatic heterocycles. The molecule has 2 fully saturated rings. The predicted molar refractivity (Wildman–Crippen MR) is 146 cm³/mol. The second-order valence-electron chi connectivity index (χ2n) is 10.6. The Labute approximate surface area is 211 Å². The molecule has 2 aromatic rings. The van der Waals surface area contributed by atoms with Crippen LogP contribution in [0.3, 0.4) is 0 Å². The van der Waals surface area contributed by atoms with Gasteiger partial charge in [0.2, 0.25) is 5.91 Å². The highest BCUT2D eigenvalue weighted by Crippen LogP contribution is 2.49. The van der Waals surface area contributed by atoms with E-state index in [0.29, 0.717) is 18.9 Å². The van der Waals surface area contributed by atoms with Gasteiger partial charge in [-0.3, -0.25) is 4.79 Å². The lowest BCUT2D eigenvalue weighted by atomic mass is 9.66. The van der Waals surface area contributed by atoms with Gasteiger partial charge in [-0.1, -0.05) is 63.1 Å². The molecule has 0 spiro atoms. The maximum absolute atomic E-state index is 13.5. The minimum absolute atomic E-state index is 0.0309. The first-order valence-corrected chi connectivity index (χ1v) is 13.5. The summed E-state index contributed by atoms with van der Waals surface area (Å²) in [6.07, 6.45) is 8.29. The Balaban J connectivity index is 1.61. The van der Waals surface area contributed by atoms with Crippen molar-refractivity contribution < 1.29 is 9.90 Å². The summed E-state index contributed by atoms with van der Waals surface area (Å²) in [5.74, 6) is 0.599. The second-order valence-corrected chi connectivity index (χ2v) is 10.6. The smallest absolute Gasteiger partial charge is 0.247 e. The van der Waals surface area contributed by atoms with Crippen LogP contribution in [-0.2, 0) is 4.79 Å². The fourth-order valence-electron chi connectivity index (χ4n) is 6.07. The highest BCUT2D eigenvalue weighted by atomic mass is 16.3. The molecule has 3 atom stereocenters. The summed E-state index contributed by atoms with van der Waals surface area (Å²) in [5, 5.41) is 11.6. The van der Waals surface area contributed by atoms with Crippen LogP contribution < -0.4 is 4.90 Å². The molecule has 35 heavy (non-hydrogen) atoms. The molecule has 1 saturated carbocycles. The normalized spacial score (nSPS) is 24.6. The van der Waals surface area contributed by atoms with Crippen LogP contribution in [-0.4, -0.2) is 41.1 Å². The van der Waals surface area contributed by atoms with E-state index in [9.17, 15) is 9.90 Å². The standard InChI is InChI=1S/C31H42N2O2/c1-5-32(6-2)27-17-15-26(16-18-27)30-28-9-7-8-20-31(28,35)21-22-33(30)29(34)19-12-24-10-13-25(14-11-24)23(3)4/h10-19,23,28,30,35H,5-9,20-22H2,1-4H3/b19-12+/t28-,30+,31-/m0/s1. The van der Waals surface area contributed by atoms with Crippen molar-refractivity contribution in [2.75, 3.05) is 24.5 Å². The minimum atomic E-state index is -0.673. The number of nitrogens with zero attached hydrogens (tertiary/aromatic N) is 2. The lowest BCUT2D eigenvalue weighted by molar-refractivity contribution is -0.150. The lowest BCUT2D eigenvalue weighted by Crippen LogP contribution is -2.56. The third-order valence-electron chi connectivity index (χ3n) is 8.24. The summed E-state index contributed by atoms with van der Waals surface area (Å²) in [7, 11) is 0. The number of fused-ring (bicyclic) bond motifs is 1. The molecule has 0 unspecified atom stereocenters. The number of carbonyl (C=O) groups is 1. The molecule has 188 valence electrons. The van der Waals surface area contributed by atoms with Crippen molar-refractivity contribution in [3.05, 3.63) is 71.3 Å². The van der Waals surface area contributed by atoms with E-state index in [1.54, 1.807) is 6.08 Å². The van der Waals surface area contributed by atoms with Crippen LogP contribution in [0, 0.1) is 5.92 Å². The van der Waals surface area contributed by atoms with E-state index in [-0.39, 0.29) is 17.9 Å². The molecule has 0 radical (unpaired) electrons. The van der Waals surface area contributed by atoms with Crippen LogP contribution in [0.5, 0.6) is 0 Å². The van der Waals surface area contributed by atoms with E-state index in [1.807, 2.05) is 11.0 Å². The van der Waals surface area contributed by atoms with Gasteiger partial charge < -0.3 is 14.9 Å². The Morgan fingerprint density at radius 1 is 1.06 bits per heavy atom. The van der Waals surface area contributed by atoms with Crippen molar-refractivity contribution in [3.63, 3.8) is 0 Å². The molecule has 1 heterocycles. The molecule has 2 aromatic carbocycles. The zero-order valence-corrected chi connectivity index (χ0v) is 21.9. The van der Waals surface area contributed by atoms with Gasteiger partial charge in [-0.05, 0) is 73.9 Å². The van der Waals surface area contributed by atoms with Gasteiger partial charge in [0.05, 0.1) is 11.6 Å². The molecular formula is C31H42N2O2. The molecule has 4 nitrogen and oxygen atoms in total. The fourth-order valence-corrected chi connectivity index (χ4v) is 6.07. The number of aliphatic hydroxyl groups is 1. The van der Waals surface area contributed by atoms with Crippen LogP contribution in [0.25, 0.3) is 6.08 Å². The van der Waals surface area contributed by atoms with Crippen molar-refractivity contribution in [3.8, 4) is 0 Å². The van der Waals surface area contributed by atoms with E-state index >= 15 is 0 Å². The third-order valence-corrected chi connectivity index (χ3v) is 8.24. The Kier molecular flexibility index (Phi) is 8.01. The lowest BCUT2D eigenvalue weighted by Gasteiger charge is -2.52. The van der Waals surface area contributed by atoms with Crippen LogP contribution in [0.1, 0.15) is 88.4 Å². The first kappa shape index (κ1) is 25.5. The number of rotatable bonds is 7. The third kappa shape index (κ3) is 5.48. The first-order valence-electron chi connectivity index (χ1n) is 13.5. The van der Waals surface area contributed by atoms with Crippen molar-refractivity contribution >= 4 is 17.7 Å². The van der Waals surface area contributed by atoms with E-state index in [0.717, 1.165) is 49.9 Å². The molecule has 4 heteroatoms. The number of hydrogen-bond donors (Lipinski definition) is 1. The second kappa shape index (κ2) is 11.0. The van der Waals surface area contributed by atoms with Crippen LogP contribution in [0.4, 0.5) is 5.69 Å². The van der Waals surface area contributed by atoms with Crippen LogP contribution in [0.2, 0.25) is 0 Å². The molecular weight excluding hydrogens is 432 g/mol. The Bertz CT molecular complexity index is 1010. The zero-order chi connectivity index (χ0) is 25.0. The summed E-state index contributed by atoms with van der Waals surface area (Å²) >= 11 is 0. The molecule has 4 rings (SSSR count). The van der Waals surface area contributed by atoms with Gasteiger partial charge in [0, 0.05) is 37.3 Å². The SMILES string of the molecule is CCN(CC)c1ccc([C@@H]2[C@@H]3CCCC[C@]3(O)CCN2C(=O)/C=C/c2ccc(C(C)C)cc2)cc1. The van der Waals surface area contributed by atoms with Crippen molar-refractivity contribution in [2.24, 2.45) is 5.92 Å². The molecule has 0 bridgehead atoms. The molecule has 1 N–H and O–H groups in total. The van der Waals surface area contributed by atoms with Gasteiger partial charge in [0.1, 0.15) is 0 Å². The Hall–Kier alpha value is -2.59. The van der Waals surface area contributed by atoms with Gasteiger partial charge in [-0.2, -0.15) is 0 Å². The van der Waals surface area contributed by atoms with Crippen molar-refractivity contribution in [1.29, 1.82) is 0 Å². The summed E-state index contributed by atoms with van der Waals surface area (Å²) in [6, 6.07) is 17.0. The molecule has 1 amide bonds. The highest BCUT2D eigenvalue weighted by molar-refractivity contribution is 5.92. The minimum Gasteiger partial charge on any atom is -0.389 e. The van der Waals surface area contributed by atoms with Crippen molar-refractivity contribution in [2.45, 2.75) is 77.4 Å². The summed E-state index contributed by atoms with van der Waals surface area (Å²) in [4.78, 5) is 17.9. The molecule has 1 saturated heterocycles. The zero-order valence-electron chi connectivity index (χ0n) is 21.9. The number of likely N-dealkylation sites (tertiary alicyclic amines) is 1. The summed E-state index contributed by atoms with van der Waals surface area (Å²) in [6.45, 7) is 11.2. The van der Waals surface area contributed by atoms with Gasteiger partial charge in [0.25, 0.3) is 0 Å². The predicted octanol–water partition coefficient (Wildman–Crippen LogP) is 6.56. The number of carbonyl (C=O) groups excluding carboxylic acids is 1. The highest BCUT2D eigenvalue weighted by Gasteiger charge is 2.49. The molecule has 1 aliphatic heterocycles. The average molecular weight is 475 g/mol. The molecule has 2 aliphatic rings. The number of piperidine rings is 1. The van der Waals surface area contributed by atoms with Gasteiger partial charge in [0.15, 0.2) is 0 Å². The monoisotopic (exact) mass is 474 g/mol. The summed E-state index contributed by atoms with van der Waals surface area (Å²) in [5.41, 5.74) is 4.00. The van der Waals surface area contributed by atoms with Crippen molar-refractivity contribution in [1.82, 2.24) is 4.90 Å². The van der Waals surface area contributed by atoms with Crippen LogP contribution >= 0.6 is 0 Å². The first-order chi connectivity index (χ1) is 16.9. The maximum Gasteiger partial charge on any atom is 0.247 e. The van der Waals surface area contributed by atoms with Gasteiger partial charge in [-0.25, -0.2) is 0 Å². The van der Waals surface area contributed by atoms with Crippen LogP contribution in [0.15, 0.2) is 54.6 Å². The maximum atomic E-state index is 13.5. The largest absolute Gasteiger partial charge is 0.389 e.